The Morgan fingerprint density at radius 2 is 2.05 bits per heavy atom. The monoisotopic (exact) mass is 346 g/mol. The van der Waals surface area contributed by atoms with Crippen molar-refractivity contribution >= 4 is 32.9 Å². The predicted molar refractivity (Wildman–Crippen MR) is 83.3 cm³/mol. The van der Waals surface area contributed by atoms with Crippen LogP contribution in [0.1, 0.15) is 15.9 Å². The molecule has 5 nitrogen and oxygen atoms in total. The van der Waals surface area contributed by atoms with Gasteiger partial charge in [0.1, 0.15) is 0 Å². The number of carboxylic acids is 1. The van der Waals surface area contributed by atoms with Gasteiger partial charge in [-0.25, -0.2) is 9.59 Å². The molecule has 0 saturated carbocycles. The Morgan fingerprint density at radius 1 is 1.29 bits per heavy atom. The maximum absolute atomic E-state index is 12.2. The molecule has 0 bridgehead atoms. The highest BCUT2D eigenvalue weighted by Gasteiger charge is 2.14. The van der Waals surface area contributed by atoms with Crippen LogP contribution in [0.15, 0.2) is 45.7 Å². The number of fused-ring (bicyclic) bond motifs is 1. The van der Waals surface area contributed by atoms with E-state index < -0.39 is 5.97 Å². The van der Waals surface area contributed by atoms with Crippen molar-refractivity contribution in [2.45, 2.75) is 6.92 Å². The first-order valence-corrected chi connectivity index (χ1v) is 7.02. The van der Waals surface area contributed by atoms with Gasteiger partial charge in [-0.3, -0.25) is 4.57 Å². The SMILES string of the molecule is Cc1c(Br)cccc1-n1c(=O)[nH]c2ccc(C(=O)O)cc21. The highest BCUT2D eigenvalue weighted by atomic mass is 79.9. The number of rotatable bonds is 2. The Hall–Kier alpha value is -2.34. The number of nitrogens with one attached hydrogen (secondary N) is 1. The zero-order chi connectivity index (χ0) is 15.1. The molecular weight excluding hydrogens is 336 g/mol. The van der Waals surface area contributed by atoms with Crippen molar-refractivity contribution in [3.05, 3.63) is 62.5 Å². The number of H-pyrrole nitrogens is 1. The molecule has 0 atom stereocenters. The molecule has 0 aliphatic carbocycles. The van der Waals surface area contributed by atoms with Crippen molar-refractivity contribution in [1.29, 1.82) is 0 Å². The number of benzene rings is 2. The number of aromatic nitrogens is 2. The van der Waals surface area contributed by atoms with Gasteiger partial charge in [0.05, 0.1) is 22.3 Å². The molecule has 0 spiro atoms. The van der Waals surface area contributed by atoms with Crippen LogP contribution in [0, 0.1) is 6.92 Å². The van der Waals surface area contributed by atoms with Crippen LogP contribution in [-0.4, -0.2) is 20.6 Å². The van der Waals surface area contributed by atoms with Crippen LogP contribution in [0.2, 0.25) is 0 Å². The zero-order valence-corrected chi connectivity index (χ0v) is 12.6. The molecule has 1 aromatic heterocycles. The van der Waals surface area contributed by atoms with Gasteiger partial charge in [0.25, 0.3) is 0 Å². The number of aromatic amines is 1. The lowest BCUT2D eigenvalue weighted by Crippen LogP contribution is -2.15. The van der Waals surface area contributed by atoms with Crippen LogP contribution in [0.25, 0.3) is 16.7 Å². The van der Waals surface area contributed by atoms with Gasteiger partial charge in [-0.2, -0.15) is 0 Å². The van der Waals surface area contributed by atoms with Crippen molar-refractivity contribution in [2.75, 3.05) is 0 Å². The lowest BCUT2D eigenvalue weighted by Gasteiger charge is -2.09. The minimum atomic E-state index is -1.02. The fourth-order valence-corrected chi connectivity index (χ4v) is 2.67. The summed E-state index contributed by atoms with van der Waals surface area (Å²) in [7, 11) is 0. The number of hydrogen-bond acceptors (Lipinski definition) is 2. The Labute approximate surface area is 128 Å². The first-order valence-electron chi connectivity index (χ1n) is 6.22. The third kappa shape index (κ3) is 2.17. The van der Waals surface area contributed by atoms with Crippen molar-refractivity contribution in [1.82, 2.24) is 9.55 Å². The van der Waals surface area contributed by atoms with Gasteiger partial charge in [-0.1, -0.05) is 22.0 Å². The number of carbonyl (C=O) groups is 1. The smallest absolute Gasteiger partial charge is 0.335 e. The van der Waals surface area contributed by atoms with Gasteiger partial charge in [0, 0.05) is 4.47 Å². The Kier molecular flexibility index (Phi) is 3.17. The van der Waals surface area contributed by atoms with Crippen molar-refractivity contribution in [3.63, 3.8) is 0 Å². The molecule has 2 aromatic carbocycles. The molecule has 0 unspecified atom stereocenters. The van der Waals surface area contributed by atoms with E-state index in [9.17, 15) is 9.59 Å². The Bertz CT molecular complexity index is 924. The standard InChI is InChI=1S/C15H11BrN2O3/c1-8-10(16)3-2-4-12(8)18-13-7-9(14(19)20)5-6-11(13)17-15(18)21/h2-7H,1H3,(H,17,21)(H,19,20). The van der Waals surface area contributed by atoms with Gasteiger partial charge < -0.3 is 10.1 Å². The maximum atomic E-state index is 12.2. The summed E-state index contributed by atoms with van der Waals surface area (Å²) in [6, 6.07) is 10.1. The van der Waals surface area contributed by atoms with Crippen LogP contribution < -0.4 is 5.69 Å². The number of aromatic carboxylic acids is 1. The second-order valence-electron chi connectivity index (χ2n) is 4.69. The molecule has 3 rings (SSSR count). The van der Waals surface area contributed by atoms with Crippen molar-refractivity contribution in [3.8, 4) is 5.69 Å². The van der Waals surface area contributed by atoms with Gasteiger partial charge in [0.2, 0.25) is 0 Å². The van der Waals surface area contributed by atoms with E-state index in [0.29, 0.717) is 16.7 Å². The summed E-state index contributed by atoms with van der Waals surface area (Å²) >= 11 is 3.44. The summed E-state index contributed by atoms with van der Waals surface area (Å²) in [5.74, 6) is -1.02. The molecule has 2 N–H and O–H groups in total. The molecule has 0 saturated heterocycles. The summed E-state index contributed by atoms with van der Waals surface area (Å²) < 4.78 is 2.37. The van der Waals surface area contributed by atoms with E-state index in [4.69, 9.17) is 5.11 Å². The topological polar surface area (TPSA) is 75.1 Å². The average molecular weight is 347 g/mol. The third-order valence-electron chi connectivity index (χ3n) is 3.41. The van der Waals surface area contributed by atoms with Gasteiger partial charge in [0.15, 0.2) is 0 Å². The third-order valence-corrected chi connectivity index (χ3v) is 4.27. The van der Waals surface area contributed by atoms with Gasteiger partial charge >= 0.3 is 11.7 Å². The van der Waals surface area contributed by atoms with E-state index in [1.807, 2.05) is 25.1 Å². The molecule has 0 aliphatic rings. The summed E-state index contributed by atoms with van der Waals surface area (Å²) in [6.45, 7) is 1.89. The number of carboxylic acid groups (broad SMARTS) is 1. The molecule has 1 heterocycles. The van der Waals surface area contributed by atoms with Crippen molar-refractivity contribution < 1.29 is 9.90 Å². The van der Waals surface area contributed by atoms with E-state index in [1.165, 1.54) is 16.7 Å². The summed E-state index contributed by atoms with van der Waals surface area (Å²) in [5.41, 5.74) is 2.60. The van der Waals surface area contributed by atoms with E-state index in [0.717, 1.165) is 10.0 Å². The minimum Gasteiger partial charge on any atom is -0.478 e. The minimum absolute atomic E-state index is 0.142. The zero-order valence-electron chi connectivity index (χ0n) is 11.1. The molecule has 6 heteroatoms. The van der Waals surface area contributed by atoms with Crippen molar-refractivity contribution in [2.24, 2.45) is 0 Å². The van der Waals surface area contributed by atoms with Crippen LogP contribution >= 0.6 is 15.9 Å². The fourth-order valence-electron chi connectivity index (χ4n) is 2.31. The van der Waals surface area contributed by atoms with Crippen LogP contribution in [0.3, 0.4) is 0 Å². The largest absolute Gasteiger partial charge is 0.478 e. The van der Waals surface area contributed by atoms with Gasteiger partial charge in [-0.05, 0) is 42.8 Å². The predicted octanol–water partition coefficient (Wildman–Crippen LogP) is 3.09. The molecule has 0 radical (unpaired) electrons. The summed E-state index contributed by atoms with van der Waals surface area (Å²) in [5, 5.41) is 9.11. The molecular formula is C15H11BrN2O3. The molecule has 0 fully saturated rings. The molecule has 21 heavy (non-hydrogen) atoms. The molecule has 3 aromatic rings. The van der Waals surface area contributed by atoms with E-state index in [2.05, 4.69) is 20.9 Å². The number of imidazole rings is 1. The van der Waals surface area contributed by atoms with Crippen LogP contribution in [0.4, 0.5) is 0 Å². The highest BCUT2D eigenvalue weighted by molar-refractivity contribution is 9.10. The molecule has 0 amide bonds. The van der Waals surface area contributed by atoms with E-state index in [1.54, 1.807) is 6.07 Å². The average Bonchev–Trinajstić information content (AvgIpc) is 2.77. The second-order valence-corrected chi connectivity index (χ2v) is 5.54. The number of halogens is 1. The normalized spacial score (nSPS) is 11.0. The lowest BCUT2D eigenvalue weighted by molar-refractivity contribution is 0.0697. The second kappa shape index (κ2) is 4.89. The fraction of sp³-hybridized carbons (Fsp3) is 0.0667. The first-order chi connectivity index (χ1) is 9.99. The lowest BCUT2D eigenvalue weighted by atomic mass is 10.1. The van der Waals surface area contributed by atoms with Crippen LogP contribution in [0.5, 0.6) is 0 Å². The summed E-state index contributed by atoms with van der Waals surface area (Å²) in [4.78, 5) is 26.1. The Balaban J connectivity index is 2.39. The van der Waals surface area contributed by atoms with Crippen LogP contribution in [-0.2, 0) is 0 Å². The molecule has 0 aliphatic heterocycles. The number of nitrogens with zero attached hydrogens (tertiary/aromatic N) is 1. The summed E-state index contributed by atoms with van der Waals surface area (Å²) in [6.07, 6.45) is 0. The van der Waals surface area contributed by atoms with E-state index in [-0.39, 0.29) is 11.3 Å². The first kappa shape index (κ1) is 13.6. The number of hydrogen-bond donors (Lipinski definition) is 2. The van der Waals surface area contributed by atoms with E-state index >= 15 is 0 Å². The maximum Gasteiger partial charge on any atom is 0.335 e. The highest BCUT2D eigenvalue weighted by Crippen LogP contribution is 2.24. The quantitative estimate of drug-likeness (QED) is 0.748. The molecule has 106 valence electrons. The van der Waals surface area contributed by atoms with Gasteiger partial charge in [-0.15, -0.1) is 0 Å². The Morgan fingerprint density at radius 3 is 2.76 bits per heavy atom.